The van der Waals surface area contributed by atoms with Gasteiger partial charge in [0.05, 0.1) is 0 Å². The standard InChI is InChI=1S/C11H20N2O/c1-13-6-4-9(8-13)11(14)7-10-3-2-5-12-10/h9-10,12H,2-8H2,1H3. The van der Waals surface area contributed by atoms with Gasteiger partial charge in [0.2, 0.25) is 0 Å². The van der Waals surface area contributed by atoms with Crippen molar-refractivity contribution in [1.82, 2.24) is 10.2 Å². The number of hydrogen-bond donors (Lipinski definition) is 1. The molecule has 2 saturated heterocycles. The maximum atomic E-state index is 11.9. The zero-order valence-corrected chi connectivity index (χ0v) is 8.96. The van der Waals surface area contributed by atoms with E-state index in [1.54, 1.807) is 0 Å². The van der Waals surface area contributed by atoms with Crippen LogP contribution in [0.2, 0.25) is 0 Å². The molecule has 0 spiro atoms. The zero-order chi connectivity index (χ0) is 9.97. The van der Waals surface area contributed by atoms with E-state index in [4.69, 9.17) is 0 Å². The normalized spacial score (nSPS) is 33.8. The van der Waals surface area contributed by atoms with E-state index in [0.29, 0.717) is 17.7 Å². The summed E-state index contributed by atoms with van der Waals surface area (Å²) in [4.78, 5) is 14.1. The van der Waals surface area contributed by atoms with Gasteiger partial charge in [0.15, 0.2) is 0 Å². The monoisotopic (exact) mass is 196 g/mol. The van der Waals surface area contributed by atoms with E-state index in [1.807, 2.05) is 0 Å². The molecule has 2 rings (SSSR count). The molecule has 0 saturated carbocycles. The van der Waals surface area contributed by atoms with E-state index >= 15 is 0 Å². The van der Waals surface area contributed by atoms with Crippen molar-refractivity contribution in [1.29, 1.82) is 0 Å². The molecule has 0 aromatic carbocycles. The number of ketones is 1. The van der Waals surface area contributed by atoms with Gasteiger partial charge in [-0.05, 0) is 39.4 Å². The van der Waals surface area contributed by atoms with Crippen LogP contribution in [0.3, 0.4) is 0 Å². The summed E-state index contributed by atoms with van der Waals surface area (Å²) >= 11 is 0. The zero-order valence-electron chi connectivity index (χ0n) is 8.96. The van der Waals surface area contributed by atoms with Crippen LogP contribution in [0.25, 0.3) is 0 Å². The van der Waals surface area contributed by atoms with Gasteiger partial charge in [-0.3, -0.25) is 4.79 Å². The molecule has 2 heterocycles. The minimum atomic E-state index is 0.322. The average Bonchev–Trinajstić information content (AvgIpc) is 2.75. The Morgan fingerprint density at radius 3 is 2.93 bits per heavy atom. The molecule has 80 valence electrons. The van der Waals surface area contributed by atoms with Crippen molar-refractivity contribution in [2.24, 2.45) is 5.92 Å². The summed E-state index contributed by atoms with van der Waals surface area (Å²) in [7, 11) is 2.10. The number of likely N-dealkylation sites (tertiary alicyclic amines) is 1. The van der Waals surface area contributed by atoms with Gasteiger partial charge in [0.1, 0.15) is 5.78 Å². The van der Waals surface area contributed by atoms with Gasteiger partial charge in [0, 0.05) is 24.9 Å². The van der Waals surface area contributed by atoms with E-state index in [2.05, 4.69) is 17.3 Å². The van der Waals surface area contributed by atoms with E-state index in [9.17, 15) is 4.79 Å². The molecular formula is C11H20N2O. The second-order valence-corrected chi connectivity index (χ2v) is 4.71. The fraction of sp³-hybridized carbons (Fsp3) is 0.909. The van der Waals surface area contributed by atoms with Gasteiger partial charge in [-0.1, -0.05) is 0 Å². The Balaban J connectivity index is 1.77. The number of carbonyl (C=O) groups is 1. The first-order valence-corrected chi connectivity index (χ1v) is 5.70. The molecule has 0 bridgehead atoms. The Hall–Kier alpha value is -0.410. The molecule has 3 heteroatoms. The second kappa shape index (κ2) is 4.41. The Bertz CT molecular complexity index is 211. The number of carbonyl (C=O) groups excluding carboxylic acids is 1. The number of hydrogen-bond acceptors (Lipinski definition) is 3. The first-order valence-electron chi connectivity index (χ1n) is 5.70. The summed E-state index contributed by atoms with van der Waals surface area (Å²) < 4.78 is 0. The van der Waals surface area contributed by atoms with Crippen molar-refractivity contribution >= 4 is 5.78 Å². The molecule has 2 aliphatic rings. The fourth-order valence-corrected chi connectivity index (χ4v) is 2.54. The lowest BCUT2D eigenvalue weighted by Gasteiger charge is -2.13. The molecule has 2 atom stereocenters. The average molecular weight is 196 g/mol. The van der Waals surface area contributed by atoms with Crippen molar-refractivity contribution < 1.29 is 4.79 Å². The molecule has 0 amide bonds. The van der Waals surface area contributed by atoms with Crippen LogP contribution in [0, 0.1) is 5.92 Å². The number of Topliss-reactive ketones (excluding diaryl/α,β-unsaturated/α-hetero) is 1. The van der Waals surface area contributed by atoms with Crippen molar-refractivity contribution in [2.45, 2.75) is 31.7 Å². The molecule has 2 aliphatic heterocycles. The third-order valence-corrected chi connectivity index (χ3v) is 3.46. The Kier molecular flexibility index (Phi) is 3.19. The van der Waals surface area contributed by atoms with Crippen LogP contribution in [-0.4, -0.2) is 43.4 Å². The smallest absolute Gasteiger partial charge is 0.138 e. The first kappa shape index (κ1) is 10.1. The summed E-state index contributed by atoms with van der Waals surface area (Å²) in [5, 5.41) is 3.39. The predicted molar refractivity (Wildman–Crippen MR) is 56.3 cm³/mol. The maximum Gasteiger partial charge on any atom is 0.138 e. The van der Waals surface area contributed by atoms with Gasteiger partial charge < -0.3 is 10.2 Å². The summed E-state index contributed by atoms with van der Waals surface area (Å²) in [6, 6.07) is 0.480. The first-order chi connectivity index (χ1) is 6.75. The quantitative estimate of drug-likeness (QED) is 0.719. The van der Waals surface area contributed by atoms with E-state index < -0.39 is 0 Å². The minimum absolute atomic E-state index is 0.322. The number of nitrogens with one attached hydrogen (secondary N) is 1. The number of rotatable bonds is 3. The molecule has 3 nitrogen and oxygen atoms in total. The minimum Gasteiger partial charge on any atom is -0.314 e. The van der Waals surface area contributed by atoms with Crippen LogP contribution in [0.5, 0.6) is 0 Å². The summed E-state index contributed by atoms with van der Waals surface area (Å²) in [6.45, 7) is 3.17. The molecule has 0 aromatic heterocycles. The van der Waals surface area contributed by atoms with Crippen LogP contribution in [0.4, 0.5) is 0 Å². The largest absolute Gasteiger partial charge is 0.314 e. The van der Waals surface area contributed by atoms with Crippen molar-refractivity contribution in [2.75, 3.05) is 26.7 Å². The SMILES string of the molecule is CN1CCC(C(=O)CC2CCCN2)C1. The fourth-order valence-electron chi connectivity index (χ4n) is 2.54. The highest BCUT2D eigenvalue weighted by Crippen LogP contribution is 2.19. The maximum absolute atomic E-state index is 11.9. The van der Waals surface area contributed by atoms with Crippen molar-refractivity contribution in [3.05, 3.63) is 0 Å². The third kappa shape index (κ3) is 2.34. The highest BCUT2D eigenvalue weighted by atomic mass is 16.1. The molecular weight excluding hydrogens is 176 g/mol. The van der Waals surface area contributed by atoms with Crippen LogP contribution in [0.15, 0.2) is 0 Å². The molecule has 0 aromatic rings. The molecule has 2 fully saturated rings. The summed E-state index contributed by atoms with van der Waals surface area (Å²) in [6.07, 6.45) is 4.26. The van der Waals surface area contributed by atoms with Crippen LogP contribution in [-0.2, 0) is 4.79 Å². The van der Waals surface area contributed by atoms with Gasteiger partial charge >= 0.3 is 0 Å². The highest BCUT2D eigenvalue weighted by molar-refractivity contribution is 5.82. The van der Waals surface area contributed by atoms with Gasteiger partial charge in [-0.25, -0.2) is 0 Å². The lowest BCUT2D eigenvalue weighted by atomic mass is 9.97. The highest BCUT2D eigenvalue weighted by Gasteiger charge is 2.28. The van der Waals surface area contributed by atoms with Crippen molar-refractivity contribution in [3.8, 4) is 0 Å². The second-order valence-electron chi connectivity index (χ2n) is 4.71. The molecule has 0 radical (unpaired) electrons. The van der Waals surface area contributed by atoms with E-state index in [-0.39, 0.29) is 0 Å². The van der Waals surface area contributed by atoms with Crippen LogP contribution < -0.4 is 5.32 Å². The number of nitrogens with zero attached hydrogens (tertiary/aromatic N) is 1. The topological polar surface area (TPSA) is 32.3 Å². The molecule has 14 heavy (non-hydrogen) atoms. The van der Waals surface area contributed by atoms with Crippen molar-refractivity contribution in [3.63, 3.8) is 0 Å². The molecule has 1 N–H and O–H groups in total. The van der Waals surface area contributed by atoms with Gasteiger partial charge in [0.25, 0.3) is 0 Å². The lowest BCUT2D eigenvalue weighted by molar-refractivity contribution is -0.122. The van der Waals surface area contributed by atoms with E-state index in [1.165, 1.54) is 12.8 Å². The lowest BCUT2D eigenvalue weighted by Crippen LogP contribution is -2.28. The van der Waals surface area contributed by atoms with Crippen LogP contribution in [0.1, 0.15) is 25.7 Å². The summed E-state index contributed by atoms with van der Waals surface area (Å²) in [5.74, 6) is 0.802. The van der Waals surface area contributed by atoms with Gasteiger partial charge in [-0.15, -0.1) is 0 Å². The van der Waals surface area contributed by atoms with Crippen LogP contribution >= 0.6 is 0 Å². The van der Waals surface area contributed by atoms with Gasteiger partial charge in [-0.2, -0.15) is 0 Å². The predicted octanol–water partition coefficient (Wildman–Crippen LogP) is 0.649. The third-order valence-electron chi connectivity index (χ3n) is 3.46. The summed E-state index contributed by atoms with van der Waals surface area (Å²) in [5.41, 5.74) is 0. The van der Waals surface area contributed by atoms with E-state index in [0.717, 1.165) is 32.5 Å². The Morgan fingerprint density at radius 2 is 2.36 bits per heavy atom. The molecule has 0 aliphatic carbocycles. The molecule has 2 unspecified atom stereocenters. The Morgan fingerprint density at radius 1 is 1.50 bits per heavy atom. The Labute approximate surface area is 85.8 Å².